The van der Waals surface area contributed by atoms with Crippen LogP contribution in [0.2, 0.25) is 0 Å². The van der Waals surface area contributed by atoms with Crippen LogP contribution in [-0.4, -0.2) is 10.2 Å². The van der Waals surface area contributed by atoms with E-state index in [1.54, 1.807) is 5.48 Å². The minimum Gasteiger partial charge on any atom is -0.316 e. The van der Waals surface area contributed by atoms with Gasteiger partial charge in [0.2, 0.25) is 0 Å². The highest BCUT2D eigenvalue weighted by Gasteiger charge is 2.34. The lowest BCUT2D eigenvalue weighted by Crippen LogP contribution is -2.16. The Labute approximate surface area is 72.2 Å². The number of hydrogen-bond donors (Lipinski definition) is 2. The Balaban J connectivity index is 3.05. The van der Waals surface area contributed by atoms with Gasteiger partial charge in [-0.1, -0.05) is 6.07 Å². The Kier molecular flexibility index (Phi) is 2.84. The lowest BCUT2D eigenvalue weighted by Gasteiger charge is -2.09. The normalized spacial score (nSPS) is 11.7. The Morgan fingerprint density at radius 3 is 2.69 bits per heavy atom. The van der Waals surface area contributed by atoms with Crippen LogP contribution in [0.5, 0.6) is 0 Å². The molecule has 1 aromatic rings. The second kappa shape index (κ2) is 3.71. The predicted molar refractivity (Wildman–Crippen MR) is 37.9 cm³/mol. The maximum absolute atomic E-state index is 12.2. The van der Waals surface area contributed by atoms with Crippen LogP contribution < -0.4 is 5.48 Å². The van der Waals surface area contributed by atoms with Gasteiger partial charge in [0.25, 0.3) is 0 Å². The number of hydrogen-bond acceptors (Lipinski definition) is 3. The molecule has 0 atom stereocenters. The van der Waals surface area contributed by atoms with Crippen molar-refractivity contribution < 1.29 is 18.4 Å². The van der Waals surface area contributed by atoms with Crippen LogP contribution in [0, 0.1) is 0 Å². The minimum absolute atomic E-state index is 0.0856. The summed E-state index contributed by atoms with van der Waals surface area (Å²) in [4.78, 5) is 3.19. The number of hydroxylamine groups is 1. The van der Waals surface area contributed by atoms with Gasteiger partial charge in [0.05, 0.1) is 0 Å². The highest BCUT2D eigenvalue weighted by molar-refractivity contribution is 5.21. The fourth-order valence-corrected chi connectivity index (χ4v) is 0.922. The topological polar surface area (TPSA) is 45.1 Å². The Morgan fingerprint density at radius 1 is 1.46 bits per heavy atom. The van der Waals surface area contributed by atoms with Crippen LogP contribution in [0.3, 0.4) is 0 Å². The van der Waals surface area contributed by atoms with Gasteiger partial charge in [0.1, 0.15) is 5.69 Å². The first-order chi connectivity index (χ1) is 6.05. The number of nitrogens with zero attached hydrogens (tertiary/aromatic N) is 1. The van der Waals surface area contributed by atoms with Gasteiger partial charge < -0.3 is 5.21 Å². The Hall–Kier alpha value is -1.14. The molecule has 0 aliphatic heterocycles. The Bertz CT molecular complexity index is 287. The number of pyridine rings is 1. The average molecular weight is 192 g/mol. The first-order valence-electron chi connectivity index (χ1n) is 3.43. The summed E-state index contributed by atoms with van der Waals surface area (Å²) in [7, 11) is 0. The van der Waals surface area contributed by atoms with E-state index in [1.807, 2.05) is 0 Å². The van der Waals surface area contributed by atoms with Crippen LogP contribution in [0.4, 0.5) is 13.2 Å². The van der Waals surface area contributed by atoms with Gasteiger partial charge in [0, 0.05) is 12.7 Å². The van der Waals surface area contributed by atoms with E-state index in [-0.39, 0.29) is 12.1 Å². The molecular formula is C7H7F3N2O. The molecule has 2 N–H and O–H groups in total. The van der Waals surface area contributed by atoms with Crippen molar-refractivity contribution in [1.29, 1.82) is 0 Å². The molecule has 0 amide bonds. The van der Waals surface area contributed by atoms with Crippen LogP contribution in [-0.2, 0) is 12.7 Å². The van der Waals surface area contributed by atoms with Crippen molar-refractivity contribution in [3.05, 3.63) is 29.6 Å². The van der Waals surface area contributed by atoms with Crippen molar-refractivity contribution in [2.75, 3.05) is 0 Å². The molecule has 72 valence electrons. The summed E-state index contributed by atoms with van der Waals surface area (Å²) in [5, 5.41) is 8.26. The van der Waals surface area contributed by atoms with Crippen molar-refractivity contribution in [3.63, 3.8) is 0 Å². The first kappa shape index (κ1) is 9.94. The van der Waals surface area contributed by atoms with Crippen LogP contribution in [0.1, 0.15) is 11.3 Å². The van der Waals surface area contributed by atoms with Crippen LogP contribution >= 0.6 is 0 Å². The summed E-state index contributed by atoms with van der Waals surface area (Å²) in [6, 6.07) is 2.63. The summed E-state index contributed by atoms with van der Waals surface area (Å²) in [6.07, 6.45) is -3.42. The Morgan fingerprint density at radius 2 is 2.15 bits per heavy atom. The molecule has 0 spiro atoms. The zero-order valence-electron chi connectivity index (χ0n) is 6.47. The number of alkyl halides is 3. The second-order valence-electron chi connectivity index (χ2n) is 2.34. The number of halogens is 3. The predicted octanol–water partition coefficient (Wildman–Crippen LogP) is 1.58. The summed E-state index contributed by atoms with van der Waals surface area (Å²) in [5.74, 6) is 0. The molecule has 0 saturated carbocycles. The van der Waals surface area contributed by atoms with Gasteiger partial charge in [-0.05, 0) is 11.6 Å². The third kappa shape index (κ3) is 2.40. The van der Waals surface area contributed by atoms with Gasteiger partial charge in [-0.2, -0.15) is 13.2 Å². The molecule has 6 heteroatoms. The van der Waals surface area contributed by atoms with E-state index in [0.29, 0.717) is 0 Å². The smallest absolute Gasteiger partial charge is 0.316 e. The molecule has 0 unspecified atom stereocenters. The quantitative estimate of drug-likeness (QED) is 0.699. The van der Waals surface area contributed by atoms with Crippen molar-refractivity contribution in [2.45, 2.75) is 12.7 Å². The van der Waals surface area contributed by atoms with Crippen molar-refractivity contribution in [3.8, 4) is 0 Å². The van der Waals surface area contributed by atoms with E-state index in [1.165, 1.54) is 12.1 Å². The monoisotopic (exact) mass is 192 g/mol. The maximum atomic E-state index is 12.2. The van der Waals surface area contributed by atoms with Crippen molar-refractivity contribution >= 4 is 0 Å². The molecule has 0 fully saturated rings. The molecule has 3 nitrogen and oxygen atoms in total. The highest BCUT2D eigenvalue weighted by atomic mass is 19.4. The third-order valence-corrected chi connectivity index (χ3v) is 1.43. The standard InChI is InChI=1S/C7H7F3N2O/c8-7(9,10)6-5(4-12-13)2-1-3-11-6/h1-3,12-13H,4H2. The lowest BCUT2D eigenvalue weighted by atomic mass is 10.2. The molecule has 0 aliphatic rings. The van der Waals surface area contributed by atoms with E-state index in [9.17, 15) is 13.2 Å². The lowest BCUT2D eigenvalue weighted by molar-refractivity contribution is -0.142. The minimum atomic E-state index is -4.48. The molecule has 13 heavy (non-hydrogen) atoms. The second-order valence-corrected chi connectivity index (χ2v) is 2.34. The summed E-state index contributed by atoms with van der Waals surface area (Å²) in [6.45, 7) is -0.275. The zero-order valence-corrected chi connectivity index (χ0v) is 6.47. The molecule has 0 bridgehead atoms. The third-order valence-electron chi connectivity index (χ3n) is 1.43. The summed E-state index contributed by atoms with van der Waals surface area (Å²) < 4.78 is 36.6. The van der Waals surface area contributed by atoms with Crippen LogP contribution in [0.25, 0.3) is 0 Å². The van der Waals surface area contributed by atoms with Gasteiger partial charge in [-0.3, -0.25) is 4.98 Å². The molecular weight excluding hydrogens is 185 g/mol. The van der Waals surface area contributed by atoms with E-state index in [4.69, 9.17) is 5.21 Å². The van der Waals surface area contributed by atoms with E-state index < -0.39 is 11.9 Å². The van der Waals surface area contributed by atoms with E-state index in [2.05, 4.69) is 4.98 Å². The fourth-order valence-electron chi connectivity index (χ4n) is 0.922. The van der Waals surface area contributed by atoms with Gasteiger partial charge >= 0.3 is 6.18 Å². The fraction of sp³-hybridized carbons (Fsp3) is 0.286. The zero-order chi connectivity index (χ0) is 9.90. The number of nitrogens with one attached hydrogen (secondary N) is 1. The molecule has 1 aromatic heterocycles. The van der Waals surface area contributed by atoms with Gasteiger partial charge in [-0.15, -0.1) is 0 Å². The number of rotatable bonds is 2. The first-order valence-corrected chi connectivity index (χ1v) is 3.43. The van der Waals surface area contributed by atoms with Crippen molar-refractivity contribution in [2.24, 2.45) is 0 Å². The summed E-state index contributed by atoms with van der Waals surface area (Å²) in [5.41, 5.74) is 0.595. The van der Waals surface area contributed by atoms with Gasteiger partial charge in [-0.25, -0.2) is 5.48 Å². The van der Waals surface area contributed by atoms with E-state index >= 15 is 0 Å². The molecule has 1 rings (SSSR count). The maximum Gasteiger partial charge on any atom is 0.433 e. The molecule has 0 aromatic carbocycles. The average Bonchev–Trinajstić information content (AvgIpc) is 2.04. The molecule has 1 heterocycles. The van der Waals surface area contributed by atoms with Crippen LogP contribution in [0.15, 0.2) is 18.3 Å². The van der Waals surface area contributed by atoms with Gasteiger partial charge in [0.15, 0.2) is 0 Å². The highest BCUT2D eigenvalue weighted by Crippen LogP contribution is 2.29. The number of aromatic nitrogens is 1. The largest absolute Gasteiger partial charge is 0.433 e. The molecule has 0 aliphatic carbocycles. The molecule has 0 radical (unpaired) electrons. The molecule has 0 saturated heterocycles. The summed E-state index contributed by atoms with van der Waals surface area (Å²) >= 11 is 0. The van der Waals surface area contributed by atoms with E-state index in [0.717, 1.165) is 6.20 Å². The van der Waals surface area contributed by atoms with Crippen molar-refractivity contribution in [1.82, 2.24) is 10.5 Å². The SMILES string of the molecule is ONCc1cccnc1C(F)(F)F.